The van der Waals surface area contributed by atoms with Crippen LogP contribution in [0.5, 0.6) is 0 Å². The Hall–Kier alpha value is -7.50. The van der Waals surface area contributed by atoms with Gasteiger partial charge in [-0.25, -0.2) is 19.9 Å². The number of imidazole rings is 1. The molecule has 0 saturated heterocycles. The summed E-state index contributed by atoms with van der Waals surface area (Å²) in [5, 5.41) is 9.52. The van der Waals surface area contributed by atoms with Crippen LogP contribution in [0.2, 0.25) is 0 Å². The fourth-order valence-electron chi connectivity index (χ4n) is 7.93. The lowest BCUT2D eigenvalue weighted by molar-refractivity contribution is 1.07. The zero-order valence-electron chi connectivity index (χ0n) is 29.6. The molecule has 2 heterocycles. The van der Waals surface area contributed by atoms with Crippen molar-refractivity contribution in [2.75, 3.05) is 0 Å². The van der Waals surface area contributed by atoms with Crippen LogP contribution < -0.4 is 0 Å². The van der Waals surface area contributed by atoms with Gasteiger partial charge in [-0.3, -0.25) is 4.57 Å². The first-order chi connectivity index (χ1) is 27.2. The van der Waals surface area contributed by atoms with Gasteiger partial charge in [0, 0.05) is 38.7 Å². The Balaban J connectivity index is 1.13. The van der Waals surface area contributed by atoms with Crippen LogP contribution in [0.25, 0.3) is 105 Å². The van der Waals surface area contributed by atoms with E-state index < -0.39 is 0 Å². The van der Waals surface area contributed by atoms with Gasteiger partial charge in [-0.05, 0) is 74.8 Å². The highest BCUT2D eigenvalue weighted by atomic mass is 15.1. The molecule has 0 fully saturated rings. The average Bonchev–Trinajstić information content (AvgIpc) is 3.67. The number of hydrogen-bond donors (Lipinski definition) is 0. The van der Waals surface area contributed by atoms with Crippen LogP contribution in [0.1, 0.15) is 0 Å². The molecule has 5 nitrogen and oxygen atoms in total. The second-order valence-electron chi connectivity index (χ2n) is 13.9. The van der Waals surface area contributed by atoms with Crippen LogP contribution in [-0.4, -0.2) is 24.5 Å². The van der Waals surface area contributed by atoms with E-state index in [1.807, 2.05) is 60.7 Å². The molecular weight excluding hydrogens is 671 g/mol. The topological polar surface area (TPSA) is 56.5 Å². The van der Waals surface area contributed by atoms with E-state index in [0.717, 1.165) is 55.6 Å². The number of fused-ring (bicyclic) bond motifs is 8. The smallest absolute Gasteiger partial charge is 0.164 e. The van der Waals surface area contributed by atoms with E-state index in [1.165, 1.54) is 32.3 Å². The zero-order valence-corrected chi connectivity index (χ0v) is 29.6. The fraction of sp³-hybridized carbons (Fsp3) is 0. The first-order valence-electron chi connectivity index (χ1n) is 18.5. The Morgan fingerprint density at radius 1 is 0.309 bits per heavy atom. The van der Waals surface area contributed by atoms with Crippen molar-refractivity contribution >= 4 is 54.1 Å². The maximum Gasteiger partial charge on any atom is 0.164 e. The minimum absolute atomic E-state index is 0.619. The maximum absolute atomic E-state index is 5.51. The molecule has 0 bridgehead atoms. The van der Waals surface area contributed by atoms with Crippen molar-refractivity contribution < 1.29 is 0 Å². The highest BCUT2D eigenvalue weighted by Crippen LogP contribution is 2.40. The van der Waals surface area contributed by atoms with Crippen molar-refractivity contribution in [3.8, 4) is 51.2 Å². The van der Waals surface area contributed by atoms with Gasteiger partial charge >= 0.3 is 0 Å². The van der Waals surface area contributed by atoms with E-state index in [2.05, 4.69) is 132 Å². The van der Waals surface area contributed by atoms with E-state index in [1.54, 1.807) is 0 Å². The Morgan fingerprint density at radius 3 is 1.38 bits per heavy atom. The lowest BCUT2D eigenvalue weighted by Gasteiger charge is -2.14. The molecule has 0 saturated carbocycles. The number of benzene rings is 9. The van der Waals surface area contributed by atoms with E-state index in [0.29, 0.717) is 17.5 Å². The van der Waals surface area contributed by atoms with Crippen molar-refractivity contribution in [2.45, 2.75) is 0 Å². The summed E-state index contributed by atoms with van der Waals surface area (Å²) in [7, 11) is 0. The molecule has 0 aliphatic rings. The summed E-state index contributed by atoms with van der Waals surface area (Å²) < 4.78 is 2.33. The highest BCUT2D eigenvalue weighted by Gasteiger charge is 2.21. The third-order valence-corrected chi connectivity index (χ3v) is 10.6. The standard InChI is InChI=1S/C50H31N5/c1-3-13-32(14-4-1)47-52-48(33-15-5-2-6-16-33)54-49(53-47)34-25-27-40(28-26-34)55-46-44-22-12-10-20-42(44)41-19-9-11-21-43(41)45(46)51-50(55)38-24-23-37-29-35-17-7-8-18-36(35)30-39(37)31-38/h1-31H. The summed E-state index contributed by atoms with van der Waals surface area (Å²) in [5.41, 5.74) is 6.89. The van der Waals surface area contributed by atoms with Crippen LogP contribution >= 0.6 is 0 Å². The lowest BCUT2D eigenvalue weighted by atomic mass is 10.00. The second kappa shape index (κ2) is 12.6. The van der Waals surface area contributed by atoms with E-state index in [9.17, 15) is 0 Å². The summed E-state index contributed by atoms with van der Waals surface area (Å²) >= 11 is 0. The number of nitrogens with zero attached hydrogens (tertiary/aromatic N) is 5. The molecule has 0 spiro atoms. The molecule has 0 unspecified atom stereocenters. The molecule has 0 aliphatic heterocycles. The third-order valence-electron chi connectivity index (χ3n) is 10.6. The molecule has 0 aliphatic carbocycles. The van der Waals surface area contributed by atoms with E-state index >= 15 is 0 Å². The van der Waals surface area contributed by atoms with Crippen LogP contribution in [-0.2, 0) is 0 Å². The van der Waals surface area contributed by atoms with Gasteiger partial charge in [-0.2, -0.15) is 0 Å². The average molecular weight is 702 g/mol. The summed E-state index contributed by atoms with van der Waals surface area (Å²) in [6.45, 7) is 0. The quantitative estimate of drug-likeness (QED) is 0.132. The Morgan fingerprint density at radius 2 is 0.764 bits per heavy atom. The molecule has 11 rings (SSSR count). The van der Waals surface area contributed by atoms with Gasteiger partial charge < -0.3 is 0 Å². The SMILES string of the molecule is c1ccc(-c2nc(-c3ccccc3)nc(-c3ccc(-n4c(-c5ccc6cc7ccccc7cc6c5)nc5c6ccccc6c6ccccc6c54)cc3)n2)cc1. The van der Waals surface area contributed by atoms with Gasteiger partial charge in [0.15, 0.2) is 17.5 Å². The normalized spacial score (nSPS) is 11.6. The summed E-state index contributed by atoms with van der Waals surface area (Å²) in [6, 6.07) is 65.8. The van der Waals surface area contributed by atoms with Gasteiger partial charge in [-0.1, -0.05) is 146 Å². The van der Waals surface area contributed by atoms with Crippen molar-refractivity contribution in [2.24, 2.45) is 0 Å². The Labute approximate surface area is 316 Å². The monoisotopic (exact) mass is 701 g/mol. The van der Waals surface area contributed by atoms with Crippen molar-refractivity contribution in [1.29, 1.82) is 0 Å². The summed E-state index contributed by atoms with van der Waals surface area (Å²) in [4.78, 5) is 20.4. The maximum atomic E-state index is 5.51. The molecule has 55 heavy (non-hydrogen) atoms. The molecule has 11 aromatic rings. The van der Waals surface area contributed by atoms with Gasteiger partial charge in [-0.15, -0.1) is 0 Å². The van der Waals surface area contributed by atoms with Crippen LogP contribution in [0.4, 0.5) is 0 Å². The number of aromatic nitrogens is 5. The largest absolute Gasteiger partial charge is 0.292 e. The van der Waals surface area contributed by atoms with Crippen molar-refractivity contribution in [3.63, 3.8) is 0 Å². The van der Waals surface area contributed by atoms with Crippen molar-refractivity contribution in [3.05, 3.63) is 188 Å². The van der Waals surface area contributed by atoms with Gasteiger partial charge in [0.1, 0.15) is 5.82 Å². The lowest BCUT2D eigenvalue weighted by Crippen LogP contribution is -2.01. The first kappa shape index (κ1) is 31.1. The number of hydrogen-bond acceptors (Lipinski definition) is 4. The van der Waals surface area contributed by atoms with Gasteiger partial charge in [0.25, 0.3) is 0 Å². The Bertz CT molecular complexity index is 3180. The van der Waals surface area contributed by atoms with Crippen LogP contribution in [0, 0.1) is 0 Å². The fourth-order valence-corrected chi connectivity index (χ4v) is 7.93. The molecule has 0 amide bonds. The molecule has 2 aromatic heterocycles. The molecule has 256 valence electrons. The minimum atomic E-state index is 0.619. The van der Waals surface area contributed by atoms with E-state index in [4.69, 9.17) is 19.9 Å². The van der Waals surface area contributed by atoms with Crippen LogP contribution in [0.15, 0.2) is 188 Å². The second-order valence-corrected chi connectivity index (χ2v) is 13.9. The van der Waals surface area contributed by atoms with Gasteiger partial charge in [0.2, 0.25) is 0 Å². The van der Waals surface area contributed by atoms with Crippen LogP contribution in [0.3, 0.4) is 0 Å². The molecule has 0 radical (unpaired) electrons. The molecular formula is C50H31N5. The predicted octanol–water partition coefficient (Wildman–Crippen LogP) is 12.5. The molecule has 0 N–H and O–H groups in total. The molecule has 5 heteroatoms. The van der Waals surface area contributed by atoms with E-state index in [-0.39, 0.29) is 0 Å². The third kappa shape index (κ3) is 5.24. The Kier molecular flexibility index (Phi) is 7.10. The van der Waals surface area contributed by atoms with Crippen molar-refractivity contribution in [1.82, 2.24) is 24.5 Å². The molecule has 9 aromatic carbocycles. The van der Waals surface area contributed by atoms with Gasteiger partial charge in [0.05, 0.1) is 11.0 Å². The highest BCUT2D eigenvalue weighted by molar-refractivity contribution is 6.24. The summed E-state index contributed by atoms with van der Waals surface area (Å²) in [5.74, 6) is 2.78. The summed E-state index contributed by atoms with van der Waals surface area (Å²) in [6.07, 6.45) is 0. The predicted molar refractivity (Wildman–Crippen MR) is 226 cm³/mol. The molecule has 0 atom stereocenters. The number of rotatable bonds is 5. The first-order valence-corrected chi connectivity index (χ1v) is 18.5. The zero-order chi connectivity index (χ0) is 36.3. The minimum Gasteiger partial charge on any atom is -0.292 e.